The number of nitrogens with two attached hydrogens (primary N) is 1. The van der Waals surface area contributed by atoms with E-state index in [-0.39, 0.29) is 27.8 Å². The number of methoxy groups -OCH3 is 1. The molecule has 13 nitrogen and oxygen atoms in total. The first-order valence-corrected chi connectivity index (χ1v) is 11.0. The van der Waals surface area contributed by atoms with Gasteiger partial charge in [-0.25, -0.2) is 19.0 Å². The summed E-state index contributed by atoms with van der Waals surface area (Å²) in [6.45, 7) is -0.986. The first-order chi connectivity index (χ1) is 18.2. The predicted molar refractivity (Wildman–Crippen MR) is 122 cm³/mol. The second kappa shape index (κ2) is 11.5. The van der Waals surface area contributed by atoms with E-state index in [4.69, 9.17) is 26.8 Å². The van der Waals surface area contributed by atoms with Crippen molar-refractivity contribution in [1.29, 1.82) is 0 Å². The molecule has 212 valence electrons. The minimum Gasteiger partial charge on any atom is -0.479 e. The molecule has 0 radical (unpaired) electrons. The monoisotopic (exact) mass is 581 g/mol. The van der Waals surface area contributed by atoms with E-state index in [2.05, 4.69) is 19.7 Å². The lowest BCUT2D eigenvalue weighted by Gasteiger charge is -2.30. The largest absolute Gasteiger partial charge is 0.573 e. The molecular formula is C21H20ClF4N5O8. The Bertz CT molecular complexity index is 1340. The molecule has 3 atom stereocenters. The maximum atomic E-state index is 15.3. The molecule has 18 heteroatoms. The minimum absolute atomic E-state index is 0.0352. The number of rotatable bonds is 12. The number of aliphatic carboxylic acids is 2. The smallest absolute Gasteiger partial charge is 0.479 e. The highest BCUT2D eigenvalue weighted by molar-refractivity contribution is 6.28. The molecule has 0 aliphatic carbocycles. The van der Waals surface area contributed by atoms with Gasteiger partial charge in [0.2, 0.25) is 11.6 Å². The van der Waals surface area contributed by atoms with Crippen molar-refractivity contribution < 1.29 is 56.7 Å². The molecule has 0 aliphatic rings. The van der Waals surface area contributed by atoms with Gasteiger partial charge in [-0.2, -0.15) is 9.97 Å². The quantitative estimate of drug-likeness (QED) is 0.138. The maximum absolute atomic E-state index is 15.3. The Hall–Kier alpha value is -3.80. The molecule has 0 amide bonds. The molecule has 0 saturated carbocycles. The third-order valence-electron chi connectivity index (χ3n) is 5.42. The lowest BCUT2D eigenvalue weighted by atomic mass is 9.94. The number of hydrogen-bond acceptors (Lipinski definition) is 10. The van der Waals surface area contributed by atoms with Crippen LogP contribution >= 0.6 is 11.6 Å². The number of carboxylic acids is 2. The number of aliphatic hydroxyl groups excluding tert-OH is 1. The highest BCUT2D eigenvalue weighted by atomic mass is 35.5. The van der Waals surface area contributed by atoms with Gasteiger partial charge in [-0.05, 0) is 29.3 Å². The number of aromatic nitrogens is 4. The number of nitrogen functional groups attached to an aromatic ring is 1. The zero-order valence-electron chi connectivity index (χ0n) is 19.7. The lowest BCUT2D eigenvalue weighted by Crippen LogP contribution is -2.53. The van der Waals surface area contributed by atoms with Gasteiger partial charge >= 0.3 is 18.3 Å². The second-order valence-electron chi connectivity index (χ2n) is 7.96. The summed E-state index contributed by atoms with van der Waals surface area (Å²) in [6, 6.07) is 3.93. The second-order valence-corrected chi connectivity index (χ2v) is 8.30. The first kappa shape index (κ1) is 29.8. The number of anilines is 1. The van der Waals surface area contributed by atoms with Crippen LogP contribution in [-0.2, 0) is 25.5 Å². The third kappa shape index (κ3) is 6.62. The van der Waals surface area contributed by atoms with Crippen LogP contribution in [0.3, 0.4) is 0 Å². The van der Waals surface area contributed by atoms with E-state index in [0.717, 1.165) is 42.3 Å². The molecule has 5 N–H and O–H groups in total. The van der Waals surface area contributed by atoms with Gasteiger partial charge in [-0.3, -0.25) is 4.57 Å². The number of ether oxygens (including phenoxy) is 3. The van der Waals surface area contributed by atoms with Gasteiger partial charge in [0, 0.05) is 13.5 Å². The number of benzene rings is 1. The maximum Gasteiger partial charge on any atom is 0.573 e. The van der Waals surface area contributed by atoms with E-state index in [1.807, 2.05) is 0 Å². The number of halogens is 5. The zero-order valence-corrected chi connectivity index (χ0v) is 20.4. The third-order valence-corrected chi connectivity index (χ3v) is 5.59. The fourth-order valence-corrected chi connectivity index (χ4v) is 3.69. The van der Waals surface area contributed by atoms with Crippen molar-refractivity contribution in [2.45, 2.75) is 36.9 Å². The fraction of sp³-hybridized carbons (Fsp3) is 0.381. The molecule has 0 saturated heterocycles. The van der Waals surface area contributed by atoms with E-state index in [1.165, 1.54) is 0 Å². The van der Waals surface area contributed by atoms with Crippen molar-refractivity contribution in [3.05, 3.63) is 41.4 Å². The number of nitrogens with zero attached hydrogens (tertiary/aromatic N) is 4. The van der Waals surface area contributed by atoms with Crippen molar-refractivity contribution in [1.82, 2.24) is 19.5 Å². The van der Waals surface area contributed by atoms with Gasteiger partial charge in [0.1, 0.15) is 23.5 Å². The Labute approximate surface area is 220 Å². The number of carboxylic acid groups (broad SMARTS) is 2. The van der Waals surface area contributed by atoms with Crippen molar-refractivity contribution in [3.8, 4) is 5.75 Å². The first-order valence-electron chi connectivity index (χ1n) is 10.6. The average molecular weight is 582 g/mol. The Kier molecular flexibility index (Phi) is 8.79. The lowest BCUT2D eigenvalue weighted by molar-refractivity contribution is -0.274. The highest BCUT2D eigenvalue weighted by Crippen LogP contribution is 2.29. The van der Waals surface area contributed by atoms with Crippen LogP contribution < -0.4 is 10.5 Å². The SMILES string of the molecule is CO[C@H](COC(Cc1cccc(OC(F)(F)F)c1)(C(=O)O)C(=O)O)[C@@H](O)[C@H](F)n1cnc2c(N)nc(Cl)nc21. The number of fused-ring (bicyclic) bond motifs is 1. The topological polar surface area (TPSA) is 192 Å². The van der Waals surface area contributed by atoms with Gasteiger partial charge in [0.15, 0.2) is 11.5 Å². The molecule has 1 aromatic carbocycles. The van der Waals surface area contributed by atoms with Crippen molar-refractivity contribution >= 4 is 40.5 Å². The Morgan fingerprint density at radius 3 is 2.46 bits per heavy atom. The van der Waals surface area contributed by atoms with E-state index in [1.54, 1.807) is 0 Å². The van der Waals surface area contributed by atoms with E-state index in [9.17, 15) is 38.1 Å². The predicted octanol–water partition coefficient (Wildman–Crippen LogP) is 1.97. The van der Waals surface area contributed by atoms with Gasteiger partial charge in [-0.15, -0.1) is 13.2 Å². The van der Waals surface area contributed by atoms with Crippen molar-refractivity contribution in [2.24, 2.45) is 0 Å². The van der Waals surface area contributed by atoms with Crippen molar-refractivity contribution in [3.63, 3.8) is 0 Å². The number of carbonyl (C=O) groups is 2. The highest BCUT2D eigenvalue weighted by Gasteiger charge is 2.49. The summed E-state index contributed by atoms with van der Waals surface area (Å²) >= 11 is 5.75. The molecular weight excluding hydrogens is 562 g/mol. The summed E-state index contributed by atoms with van der Waals surface area (Å²) in [5, 5.41) is 29.7. The molecule has 3 aromatic rings. The molecule has 0 unspecified atom stereocenters. The number of aliphatic hydroxyl groups is 1. The molecule has 0 fully saturated rings. The molecule has 2 heterocycles. The van der Waals surface area contributed by atoms with Gasteiger partial charge < -0.3 is 35.3 Å². The van der Waals surface area contributed by atoms with Crippen LogP contribution in [0.2, 0.25) is 5.28 Å². The fourth-order valence-electron chi connectivity index (χ4n) is 3.52. The standard InChI is InChI=1S/C21H20ClF4N5O8/c1-37-11(13(32)14(23)31-8-28-12-15(27)29-19(22)30-16(12)31)7-38-20(17(33)34,18(35)36)6-9-3-2-4-10(5-9)39-21(24,25)26/h2-5,8,11,13-14,32H,6-7H2,1H3,(H,33,34)(H,35,36)(H2,27,29,30)/t11-,13-,14-/m1/s1. The summed E-state index contributed by atoms with van der Waals surface area (Å²) in [5.74, 6) is -4.96. The van der Waals surface area contributed by atoms with E-state index >= 15 is 4.39 Å². The number of alkyl halides is 4. The van der Waals surface area contributed by atoms with Crippen LogP contribution in [0.4, 0.5) is 23.4 Å². The normalized spacial score (nSPS) is 14.6. The summed E-state index contributed by atoms with van der Waals surface area (Å²) in [5.41, 5.74) is 2.16. The molecule has 2 aromatic heterocycles. The van der Waals surface area contributed by atoms with Crippen LogP contribution in [-0.4, -0.2) is 84.7 Å². The average Bonchev–Trinajstić information content (AvgIpc) is 3.25. The molecule has 3 rings (SSSR count). The minimum atomic E-state index is -5.06. The van der Waals surface area contributed by atoms with Crippen LogP contribution in [0, 0.1) is 0 Å². The van der Waals surface area contributed by atoms with Gasteiger partial charge in [0.05, 0.1) is 12.9 Å². The summed E-state index contributed by atoms with van der Waals surface area (Å²) in [4.78, 5) is 35.4. The van der Waals surface area contributed by atoms with Crippen LogP contribution in [0.5, 0.6) is 5.75 Å². The van der Waals surface area contributed by atoms with Gasteiger partial charge in [-0.1, -0.05) is 12.1 Å². The Morgan fingerprint density at radius 1 is 1.21 bits per heavy atom. The molecule has 39 heavy (non-hydrogen) atoms. The Balaban J connectivity index is 1.84. The molecule has 0 aliphatic heterocycles. The molecule has 0 spiro atoms. The van der Waals surface area contributed by atoms with E-state index in [0.29, 0.717) is 0 Å². The van der Waals surface area contributed by atoms with Crippen LogP contribution in [0.1, 0.15) is 11.9 Å². The van der Waals surface area contributed by atoms with Crippen LogP contribution in [0.25, 0.3) is 11.2 Å². The van der Waals surface area contributed by atoms with Gasteiger partial charge in [0.25, 0.3) is 5.60 Å². The molecule has 0 bridgehead atoms. The zero-order chi connectivity index (χ0) is 29.1. The number of imidazole rings is 1. The van der Waals surface area contributed by atoms with Crippen LogP contribution in [0.15, 0.2) is 30.6 Å². The summed E-state index contributed by atoms with van der Waals surface area (Å²) in [6.07, 6.45) is -11.2. The van der Waals surface area contributed by atoms with Crippen molar-refractivity contribution in [2.75, 3.05) is 19.5 Å². The summed E-state index contributed by atoms with van der Waals surface area (Å²) in [7, 11) is 1.01. The summed E-state index contributed by atoms with van der Waals surface area (Å²) < 4.78 is 67.7. The van der Waals surface area contributed by atoms with E-state index < -0.39 is 61.2 Å². The Morgan fingerprint density at radius 2 is 1.87 bits per heavy atom. The number of hydrogen-bond donors (Lipinski definition) is 4.